The molecule has 2 aromatic carbocycles. The van der Waals surface area contributed by atoms with Crippen molar-refractivity contribution in [3.05, 3.63) is 58.7 Å². The molecule has 0 aliphatic carbocycles. The Labute approximate surface area is 180 Å². The van der Waals surface area contributed by atoms with Gasteiger partial charge in [0, 0.05) is 9.52 Å². The van der Waals surface area contributed by atoms with Crippen LogP contribution in [0.1, 0.15) is 36.1 Å². The summed E-state index contributed by atoms with van der Waals surface area (Å²) in [5, 5.41) is 0. The molecule has 2 aromatic rings. The second kappa shape index (κ2) is 19.8. The van der Waals surface area contributed by atoms with E-state index in [4.69, 9.17) is 0 Å². The SMILES string of the molecule is CC[c-]1cccc1C.CC[c-]1cccc1C.C[SiH]C.[Br-].[Br-].[Zr+4]. The molecule has 2 rings (SSSR count). The summed E-state index contributed by atoms with van der Waals surface area (Å²) in [6, 6.07) is 12.9. The molecule has 4 heteroatoms. The van der Waals surface area contributed by atoms with E-state index in [1.165, 1.54) is 35.1 Å². The predicted octanol–water partition coefficient (Wildman–Crippen LogP) is -0.923. The second-order valence-electron chi connectivity index (χ2n) is 4.75. The molecular formula is C18H29Br2SiZr. The van der Waals surface area contributed by atoms with Crippen LogP contribution >= 0.6 is 0 Å². The molecule has 0 unspecified atom stereocenters. The number of aryl methyl sites for hydroxylation is 4. The minimum absolute atomic E-state index is 0. The molecule has 0 aliphatic rings. The largest absolute Gasteiger partial charge is 4.00 e. The molecule has 0 N–H and O–H groups in total. The number of halogens is 2. The van der Waals surface area contributed by atoms with Gasteiger partial charge in [0.25, 0.3) is 0 Å². The molecule has 0 nitrogen and oxygen atoms in total. The van der Waals surface area contributed by atoms with Crippen LogP contribution in [0.3, 0.4) is 0 Å². The molecule has 0 bridgehead atoms. The first-order valence-electron chi connectivity index (χ1n) is 7.26. The van der Waals surface area contributed by atoms with Gasteiger partial charge in [-0.3, -0.25) is 0 Å². The molecule has 0 heterocycles. The quantitative estimate of drug-likeness (QED) is 0.352. The summed E-state index contributed by atoms with van der Waals surface area (Å²) < 4.78 is 0. The Morgan fingerprint density at radius 1 is 0.818 bits per heavy atom. The maximum atomic E-state index is 2.21. The molecule has 123 valence electrons. The average molecular weight is 525 g/mol. The summed E-state index contributed by atoms with van der Waals surface area (Å²) in [5.74, 6) is 0. The first kappa shape index (κ1) is 30.6. The van der Waals surface area contributed by atoms with Gasteiger partial charge in [-0.2, -0.15) is 34.4 Å². The molecule has 0 atom stereocenters. The third-order valence-electron chi connectivity index (χ3n) is 3.06. The van der Waals surface area contributed by atoms with Crippen LogP contribution in [0, 0.1) is 13.8 Å². The van der Waals surface area contributed by atoms with Crippen LogP contribution < -0.4 is 34.0 Å². The van der Waals surface area contributed by atoms with Gasteiger partial charge in [0.05, 0.1) is 0 Å². The fourth-order valence-corrected chi connectivity index (χ4v) is 1.89. The van der Waals surface area contributed by atoms with E-state index in [-0.39, 0.29) is 60.2 Å². The van der Waals surface area contributed by atoms with Gasteiger partial charge in [0.1, 0.15) is 0 Å². The maximum absolute atomic E-state index is 2.21. The third kappa shape index (κ3) is 13.2. The van der Waals surface area contributed by atoms with Crippen molar-refractivity contribution in [3.8, 4) is 0 Å². The molecule has 0 fully saturated rings. The van der Waals surface area contributed by atoms with Gasteiger partial charge >= 0.3 is 26.2 Å². The van der Waals surface area contributed by atoms with E-state index in [0.29, 0.717) is 0 Å². The minimum atomic E-state index is 0. The van der Waals surface area contributed by atoms with Crippen molar-refractivity contribution in [1.29, 1.82) is 0 Å². The fourth-order valence-electron chi connectivity index (χ4n) is 1.89. The van der Waals surface area contributed by atoms with E-state index >= 15 is 0 Å². The van der Waals surface area contributed by atoms with Crippen LogP contribution in [0.4, 0.5) is 0 Å². The Morgan fingerprint density at radius 2 is 1.09 bits per heavy atom. The van der Waals surface area contributed by atoms with Gasteiger partial charge in [0.15, 0.2) is 0 Å². The first-order chi connectivity index (χ1) is 9.10. The maximum Gasteiger partial charge on any atom is 4.00 e. The van der Waals surface area contributed by atoms with Gasteiger partial charge < -0.3 is 34.0 Å². The number of rotatable bonds is 2. The van der Waals surface area contributed by atoms with Gasteiger partial charge in [-0.1, -0.05) is 53.6 Å². The minimum Gasteiger partial charge on any atom is -1.00 e. The summed E-state index contributed by atoms with van der Waals surface area (Å²) >= 11 is 0. The van der Waals surface area contributed by atoms with Crippen molar-refractivity contribution >= 4 is 9.52 Å². The van der Waals surface area contributed by atoms with Crippen molar-refractivity contribution in [1.82, 2.24) is 0 Å². The summed E-state index contributed by atoms with van der Waals surface area (Å²) in [6.07, 6.45) is 2.33. The number of hydrogen-bond donors (Lipinski definition) is 0. The van der Waals surface area contributed by atoms with Crippen molar-refractivity contribution in [3.63, 3.8) is 0 Å². The summed E-state index contributed by atoms with van der Waals surface area (Å²) in [4.78, 5) is 0. The summed E-state index contributed by atoms with van der Waals surface area (Å²) in [7, 11) is 0.750. The normalized spacial score (nSPS) is 7.91. The van der Waals surface area contributed by atoms with Gasteiger partial charge in [-0.25, -0.2) is 24.3 Å². The van der Waals surface area contributed by atoms with E-state index < -0.39 is 0 Å². The molecule has 0 amide bonds. The van der Waals surface area contributed by atoms with E-state index in [1.54, 1.807) is 0 Å². The van der Waals surface area contributed by atoms with Crippen LogP contribution in [0.2, 0.25) is 13.1 Å². The zero-order chi connectivity index (χ0) is 14.7. The molecule has 22 heavy (non-hydrogen) atoms. The van der Waals surface area contributed by atoms with Crippen molar-refractivity contribution in [2.75, 3.05) is 0 Å². The van der Waals surface area contributed by atoms with Crippen LogP contribution in [-0.2, 0) is 39.0 Å². The van der Waals surface area contributed by atoms with Gasteiger partial charge in [0.2, 0.25) is 0 Å². The van der Waals surface area contributed by atoms with Crippen LogP contribution in [0.25, 0.3) is 0 Å². The standard InChI is InChI=1S/2C8H11.C2H7Si.2BrH.Zr/c2*1-3-8-6-4-5-7(8)2;1-3-2;;;/h2*4-6H,3H2,1-2H3;3H,1-2H3;2*1H;/q2*-1;;;;+4/p-2. The first-order valence-corrected chi connectivity index (χ1v) is 9.57. The Hall–Kier alpha value is 0.760. The Balaban J connectivity index is -0.000000112. The Kier molecular flexibility index (Phi) is 27.6. The topological polar surface area (TPSA) is 0 Å². The molecule has 0 aliphatic heterocycles. The Morgan fingerprint density at radius 3 is 1.18 bits per heavy atom. The van der Waals surface area contributed by atoms with E-state index in [9.17, 15) is 0 Å². The van der Waals surface area contributed by atoms with Crippen molar-refractivity contribution in [2.45, 2.75) is 53.6 Å². The van der Waals surface area contributed by atoms with Crippen LogP contribution in [-0.4, -0.2) is 9.52 Å². The van der Waals surface area contributed by atoms with Gasteiger partial charge in [-0.15, -0.1) is 0 Å². The summed E-state index contributed by atoms with van der Waals surface area (Å²) in [6.45, 7) is 13.1. The molecular weight excluding hydrogens is 495 g/mol. The fraction of sp³-hybridized carbons (Fsp3) is 0.444. The average Bonchev–Trinajstić information content (AvgIpc) is 2.99. The zero-order valence-corrected chi connectivity index (χ0v) is 21.5. The monoisotopic (exact) mass is 521 g/mol. The molecule has 0 aromatic heterocycles. The smallest absolute Gasteiger partial charge is 1.00 e. The summed E-state index contributed by atoms with van der Waals surface area (Å²) in [5.41, 5.74) is 5.80. The van der Waals surface area contributed by atoms with E-state index in [1.807, 2.05) is 0 Å². The zero-order valence-electron chi connectivity index (χ0n) is 14.7. The molecule has 1 radical (unpaired) electrons. The molecule has 0 saturated heterocycles. The van der Waals surface area contributed by atoms with Crippen LogP contribution in [0.15, 0.2) is 36.4 Å². The predicted molar refractivity (Wildman–Crippen MR) is 91.2 cm³/mol. The second-order valence-corrected chi connectivity index (χ2v) is 5.91. The molecule has 0 spiro atoms. The van der Waals surface area contributed by atoms with E-state index in [0.717, 1.165) is 9.52 Å². The molecule has 0 saturated carbocycles. The number of hydrogen-bond acceptors (Lipinski definition) is 0. The van der Waals surface area contributed by atoms with Crippen LogP contribution in [0.5, 0.6) is 0 Å². The van der Waals surface area contributed by atoms with Crippen molar-refractivity contribution in [2.24, 2.45) is 0 Å². The van der Waals surface area contributed by atoms with Crippen molar-refractivity contribution < 1.29 is 60.2 Å². The Bertz CT molecular complexity index is 395. The third-order valence-corrected chi connectivity index (χ3v) is 3.06. The van der Waals surface area contributed by atoms with Gasteiger partial charge in [-0.05, 0) is 0 Å². The van der Waals surface area contributed by atoms with E-state index in [2.05, 4.69) is 77.2 Å².